The van der Waals surface area contributed by atoms with E-state index >= 15 is 0 Å². The molecule has 7 heteroatoms. The number of para-hydroxylation sites is 1. The van der Waals surface area contributed by atoms with E-state index in [9.17, 15) is 4.79 Å². The Balaban J connectivity index is 1.87. The number of ether oxygens (including phenoxy) is 1. The summed E-state index contributed by atoms with van der Waals surface area (Å²) in [6.07, 6.45) is 3.08. The normalized spacial score (nSPS) is 10.8. The number of anilines is 2. The summed E-state index contributed by atoms with van der Waals surface area (Å²) in [5, 5.41) is 3.85. The molecule has 6 nitrogen and oxygen atoms in total. The second-order valence-corrected chi connectivity index (χ2v) is 6.17. The van der Waals surface area contributed by atoms with E-state index in [1.54, 1.807) is 6.92 Å². The third-order valence-corrected chi connectivity index (χ3v) is 4.31. The fourth-order valence-electron chi connectivity index (χ4n) is 2.31. The highest BCUT2D eigenvalue weighted by Gasteiger charge is 2.16. The highest BCUT2D eigenvalue weighted by atomic mass is 32.1. The first-order valence-electron chi connectivity index (χ1n) is 7.87. The molecule has 2 heterocycles. The van der Waals surface area contributed by atoms with Gasteiger partial charge in [-0.2, -0.15) is 0 Å². The minimum absolute atomic E-state index is 0.329. The van der Waals surface area contributed by atoms with Crippen LogP contribution in [-0.2, 0) is 11.2 Å². The molecule has 1 N–H and O–H groups in total. The van der Waals surface area contributed by atoms with Crippen LogP contribution in [-0.4, -0.2) is 27.5 Å². The van der Waals surface area contributed by atoms with Crippen LogP contribution >= 0.6 is 11.3 Å². The van der Waals surface area contributed by atoms with Crippen LogP contribution in [0.5, 0.6) is 0 Å². The van der Waals surface area contributed by atoms with Gasteiger partial charge in [0.1, 0.15) is 0 Å². The van der Waals surface area contributed by atoms with Crippen molar-refractivity contribution >= 4 is 38.6 Å². The van der Waals surface area contributed by atoms with Crippen molar-refractivity contribution in [1.82, 2.24) is 15.0 Å². The van der Waals surface area contributed by atoms with Gasteiger partial charge in [0.25, 0.3) is 0 Å². The molecular weight excluding hydrogens is 324 g/mol. The van der Waals surface area contributed by atoms with Crippen LogP contribution in [0.3, 0.4) is 0 Å². The molecule has 0 bridgehead atoms. The summed E-state index contributed by atoms with van der Waals surface area (Å²) < 4.78 is 6.16. The van der Waals surface area contributed by atoms with Crippen LogP contribution in [0.4, 0.5) is 11.1 Å². The van der Waals surface area contributed by atoms with E-state index in [1.165, 1.54) is 17.5 Å². The number of fused-ring (bicyclic) bond motifs is 1. The SMILES string of the molecule is CCCc1nc(Nc2nc3ccccc3s2)ncc1C(=O)OCC. The predicted molar refractivity (Wildman–Crippen MR) is 94.9 cm³/mol. The van der Waals surface area contributed by atoms with E-state index in [0.29, 0.717) is 30.2 Å². The molecule has 0 aliphatic rings. The van der Waals surface area contributed by atoms with Gasteiger partial charge >= 0.3 is 5.97 Å². The van der Waals surface area contributed by atoms with Crippen LogP contribution < -0.4 is 5.32 Å². The van der Waals surface area contributed by atoms with E-state index in [1.807, 2.05) is 31.2 Å². The van der Waals surface area contributed by atoms with E-state index < -0.39 is 0 Å². The summed E-state index contributed by atoms with van der Waals surface area (Å²) in [5.74, 6) is 0.0537. The highest BCUT2D eigenvalue weighted by Crippen LogP contribution is 2.27. The number of benzene rings is 1. The number of nitrogens with zero attached hydrogens (tertiary/aromatic N) is 3. The molecule has 24 heavy (non-hydrogen) atoms. The average Bonchev–Trinajstić information content (AvgIpc) is 2.98. The van der Waals surface area contributed by atoms with Gasteiger partial charge in [-0.3, -0.25) is 0 Å². The minimum atomic E-state index is -0.382. The molecule has 3 aromatic rings. The Bertz CT molecular complexity index is 830. The van der Waals surface area contributed by atoms with Crippen molar-refractivity contribution in [2.24, 2.45) is 0 Å². The maximum absolute atomic E-state index is 12.0. The number of rotatable bonds is 6. The molecule has 0 fully saturated rings. The molecular formula is C17H18N4O2S. The molecule has 0 saturated heterocycles. The second-order valence-electron chi connectivity index (χ2n) is 5.14. The predicted octanol–water partition coefficient (Wildman–Crippen LogP) is 3.96. The molecule has 0 radical (unpaired) electrons. The van der Waals surface area contributed by atoms with Crippen LogP contribution in [0.25, 0.3) is 10.2 Å². The number of hydrogen-bond acceptors (Lipinski definition) is 7. The Kier molecular flexibility index (Phi) is 5.00. The molecule has 0 amide bonds. The Morgan fingerprint density at radius 2 is 2.08 bits per heavy atom. The summed E-state index contributed by atoms with van der Waals surface area (Å²) in [6.45, 7) is 4.15. The largest absolute Gasteiger partial charge is 0.462 e. The topological polar surface area (TPSA) is 77.0 Å². The summed E-state index contributed by atoms with van der Waals surface area (Å²) in [5.41, 5.74) is 2.05. The molecule has 124 valence electrons. The maximum atomic E-state index is 12.0. The third kappa shape index (κ3) is 3.51. The fraction of sp³-hybridized carbons (Fsp3) is 0.294. The minimum Gasteiger partial charge on any atom is -0.462 e. The van der Waals surface area contributed by atoms with Gasteiger partial charge in [0.2, 0.25) is 5.95 Å². The van der Waals surface area contributed by atoms with Crippen LogP contribution in [0.2, 0.25) is 0 Å². The molecule has 0 saturated carbocycles. The van der Waals surface area contributed by atoms with Gasteiger partial charge in [-0.25, -0.2) is 19.7 Å². The van der Waals surface area contributed by atoms with Crippen molar-refractivity contribution in [3.63, 3.8) is 0 Å². The highest BCUT2D eigenvalue weighted by molar-refractivity contribution is 7.22. The lowest BCUT2D eigenvalue weighted by molar-refractivity contribution is 0.0524. The van der Waals surface area contributed by atoms with Crippen molar-refractivity contribution in [2.45, 2.75) is 26.7 Å². The number of nitrogens with one attached hydrogen (secondary N) is 1. The quantitative estimate of drug-likeness (QED) is 0.683. The van der Waals surface area contributed by atoms with Crippen molar-refractivity contribution in [3.05, 3.63) is 41.7 Å². The maximum Gasteiger partial charge on any atom is 0.341 e. The molecule has 1 aromatic carbocycles. The molecule has 0 atom stereocenters. The average molecular weight is 342 g/mol. The standard InChI is InChI=1S/C17H18N4O2S/c1-3-7-12-11(15(22)23-4-2)10-18-16(19-12)21-17-20-13-8-5-6-9-14(13)24-17/h5-6,8-10H,3-4,7H2,1-2H3,(H,18,19,20,21). The summed E-state index contributed by atoms with van der Waals surface area (Å²) in [6, 6.07) is 7.92. The van der Waals surface area contributed by atoms with E-state index in [-0.39, 0.29) is 5.97 Å². The molecule has 3 rings (SSSR count). The lowest BCUT2D eigenvalue weighted by Crippen LogP contribution is -2.12. The van der Waals surface area contributed by atoms with Crippen molar-refractivity contribution < 1.29 is 9.53 Å². The summed E-state index contributed by atoms with van der Waals surface area (Å²) >= 11 is 1.54. The van der Waals surface area contributed by atoms with Gasteiger partial charge in [-0.1, -0.05) is 36.8 Å². The smallest absolute Gasteiger partial charge is 0.341 e. The van der Waals surface area contributed by atoms with Crippen LogP contribution in [0, 0.1) is 0 Å². The van der Waals surface area contributed by atoms with E-state index in [2.05, 4.69) is 20.3 Å². The van der Waals surface area contributed by atoms with Gasteiger partial charge in [-0.15, -0.1) is 0 Å². The first-order chi connectivity index (χ1) is 11.7. The number of thiazole rings is 1. The first-order valence-corrected chi connectivity index (χ1v) is 8.68. The molecule has 2 aromatic heterocycles. The van der Waals surface area contributed by atoms with Crippen LogP contribution in [0.15, 0.2) is 30.5 Å². The molecule has 0 aliphatic heterocycles. The lowest BCUT2D eigenvalue weighted by Gasteiger charge is -2.09. The third-order valence-electron chi connectivity index (χ3n) is 3.36. The van der Waals surface area contributed by atoms with Gasteiger partial charge in [0, 0.05) is 6.20 Å². The summed E-state index contributed by atoms with van der Waals surface area (Å²) in [4.78, 5) is 25.2. The second kappa shape index (κ2) is 7.35. The summed E-state index contributed by atoms with van der Waals surface area (Å²) in [7, 11) is 0. The Morgan fingerprint density at radius 3 is 2.83 bits per heavy atom. The van der Waals surface area contributed by atoms with Gasteiger partial charge in [0.05, 0.1) is 28.1 Å². The number of carbonyl (C=O) groups excluding carboxylic acids is 1. The van der Waals surface area contributed by atoms with Crippen molar-refractivity contribution in [2.75, 3.05) is 11.9 Å². The van der Waals surface area contributed by atoms with Crippen LogP contribution in [0.1, 0.15) is 36.3 Å². The van der Waals surface area contributed by atoms with Gasteiger partial charge < -0.3 is 10.1 Å². The van der Waals surface area contributed by atoms with E-state index in [0.717, 1.165) is 21.8 Å². The Morgan fingerprint density at radius 1 is 1.25 bits per heavy atom. The molecule has 0 spiro atoms. The van der Waals surface area contributed by atoms with Gasteiger partial charge in [-0.05, 0) is 25.5 Å². The number of aryl methyl sites for hydroxylation is 1. The molecule has 0 unspecified atom stereocenters. The number of hydrogen-bond donors (Lipinski definition) is 1. The van der Waals surface area contributed by atoms with Crippen molar-refractivity contribution in [3.8, 4) is 0 Å². The Hall–Kier alpha value is -2.54. The van der Waals surface area contributed by atoms with Gasteiger partial charge in [0.15, 0.2) is 5.13 Å². The Labute approximate surface area is 143 Å². The number of aromatic nitrogens is 3. The number of carbonyl (C=O) groups is 1. The molecule has 0 aliphatic carbocycles. The zero-order chi connectivity index (χ0) is 16.9. The van der Waals surface area contributed by atoms with E-state index in [4.69, 9.17) is 4.74 Å². The zero-order valence-corrected chi connectivity index (χ0v) is 14.4. The first kappa shape index (κ1) is 16.3. The zero-order valence-electron chi connectivity index (χ0n) is 13.6. The lowest BCUT2D eigenvalue weighted by atomic mass is 10.1. The number of esters is 1. The monoisotopic (exact) mass is 342 g/mol. The van der Waals surface area contributed by atoms with Crippen molar-refractivity contribution in [1.29, 1.82) is 0 Å². The fourth-order valence-corrected chi connectivity index (χ4v) is 3.16.